The van der Waals surface area contributed by atoms with Gasteiger partial charge in [-0.3, -0.25) is 14.4 Å². The van der Waals surface area contributed by atoms with E-state index in [-0.39, 0.29) is 0 Å². The van der Waals surface area contributed by atoms with Crippen LogP contribution in [0.4, 0.5) is 0 Å². The van der Waals surface area contributed by atoms with Crippen LogP contribution in [-0.2, 0) is 0 Å². The van der Waals surface area contributed by atoms with Crippen LogP contribution in [0, 0.1) is 6.92 Å². The Labute approximate surface area is 245 Å². The first kappa shape index (κ1) is 22.8. The highest BCUT2D eigenvalue weighted by Crippen LogP contribution is 2.39. The van der Waals surface area contributed by atoms with E-state index in [1.807, 2.05) is 30.6 Å². The van der Waals surface area contributed by atoms with Gasteiger partial charge in [0.25, 0.3) is 0 Å². The lowest BCUT2D eigenvalue weighted by Gasteiger charge is -2.13. The van der Waals surface area contributed by atoms with Gasteiger partial charge in [0.2, 0.25) is 0 Å². The van der Waals surface area contributed by atoms with E-state index in [0.29, 0.717) is 0 Å². The number of aryl methyl sites for hydroxylation is 1. The van der Waals surface area contributed by atoms with Crippen molar-refractivity contribution in [2.75, 3.05) is 0 Å². The summed E-state index contributed by atoms with van der Waals surface area (Å²) in [6, 6.07) is 38.9. The van der Waals surface area contributed by atoms with Crippen molar-refractivity contribution in [2.45, 2.75) is 6.92 Å². The van der Waals surface area contributed by atoms with Crippen LogP contribution in [0.1, 0.15) is 5.56 Å². The molecule has 0 spiro atoms. The Morgan fingerprint density at radius 2 is 1.07 bits per heavy atom. The molecule has 4 aromatic carbocycles. The summed E-state index contributed by atoms with van der Waals surface area (Å²) >= 11 is 0. The number of hydrogen-bond donors (Lipinski definition) is 0. The van der Waals surface area contributed by atoms with Gasteiger partial charge in [0.05, 0.1) is 44.1 Å². The molecule has 0 amide bonds. The van der Waals surface area contributed by atoms with Crippen LogP contribution in [0.15, 0.2) is 122 Å². The van der Waals surface area contributed by atoms with Crippen LogP contribution in [0.5, 0.6) is 0 Å². The molecule has 10 aromatic rings. The molecule has 0 aliphatic carbocycles. The first-order valence-electron chi connectivity index (χ1n) is 14.5. The van der Waals surface area contributed by atoms with Gasteiger partial charge in [0.1, 0.15) is 5.65 Å². The lowest BCUT2D eigenvalue weighted by Crippen LogP contribution is -1.95. The van der Waals surface area contributed by atoms with Crippen LogP contribution in [0.25, 0.3) is 87.8 Å². The zero-order chi connectivity index (χ0) is 28.2. The van der Waals surface area contributed by atoms with Gasteiger partial charge >= 0.3 is 0 Å². The predicted octanol–water partition coefficient (Wildman–Crippen LogP) is 9.27. The van der Waals surface area contributed by atoms with Crippen molar-refractivity contribution in [2.24, 2.45) is 0 Å². The van der Waals surface area contributed by atoms with Crippen molar-refractivity contribution < 1.29 is 0 Å². The number of fused-ring (bicyclic) bond motifs is 16. The van der Waals surface area contributed by atoms with Gasteiger partial charge < -0.3 is 4.40 Å². The number of nitrogens with zero attached hydrogens (tertiary/aromatic N) is 5. The monoisotopic (exact) mass is 549 g/mol. The molecular formula is C38H23N5. The Morgan fingerprint density at radius 3 is 1.84 bits per heavy atom. The predicted molar refractivity (Wildman–Crippen MR) is 177 cm³/mol. The zero-order valence-corrected chi connectivity index (χ0v) is 23.3. The van der Waals surface area contributed by atoms with E-state index in [0.717, 1.165) is 66.0 Å². The van der Waals surface area contributed by atoms with Crippen molar-refractivity contribution in [3.05, 3.63) is 127 Å². The normalized spacial score (nSPS) is 12.3. The van der Waals surface area contributed by atoms with Crippen molar-refractivity contribution in [1.29, 1.82) is 0 Å². The van der Waals surface area contributed by atoms with Crippen molar-refractivity contribution in [3.63, 3.8) is 0 Å². The maximum absolute atomic E-state index is 5.00. The van der Waals surface area contributed by atoms with Crippen LogP contribution >= 0.6 is 0 Å². The van der Waals surface area contributed by atoms with Gasteiger partial charge in [-0.1, -0.05) is 42.5 Å². The van der Waals surface area contributed by atoms with E-state index in [1.165, 1.54) is 27.4 Å². The standard InChI is InChI=1S/C38H23N5/c1-22-25-8-2-4-12-31(25)42-32-16-14-23(20-28(32)35-26(37(22)42)9-6-18-39-35)24-15-17-33-29(21-24)36-27(10-7-19-40-36)38-41-30-11-3-5-13-34(30)43(33)38/h2-21H,1H3. The lowest BCUT2D eigenvalue weighted by atomic mass is 9.99. The second-order valence-electron chi connectivity index (χ2n) is 11.3. The summed E-state index contributed by atoms with van der Waals surface area (Å²) in [6.07, 6.45) is 3.77. The SMILES string of the molecule is Cc1c2ccccc2n2c3ccc(-c4ccc5c(c4)c4ncccc4c4nc6ccccc6n54)cc3c3ncccc3c12. The summed E-state index contributed by atoms with van der Waals surface area (Å²) in [6.45, 7) is 2.22. The molecule has 0 unspecified atom stereocenters. The van der Waals surface area contributed by atoms with Crippen LogP contribution < -0.4 is 0 Å². The molecule has 10 rings (SSSR count). The minimum Gasteiger partial charge on any atom is -0.308 e. The second-order valence-corrected chi connectivity index (χ2v) is 11.3. The average molecular weight is 550 g/mol. The van der Waals surface area contributed by atoms with E-state index >= 15 is 0 Å². The first-order valence-corrected chi connectivity index (χ1v) is 14.5. The molecule has 0 fully saturated rings. The highest BCUT2D eigenvalue weighted by molar-refractivity contribution is 6.17. The summed E-state index contributed by atoms with van der Waals surface area (Å²) in [4.78, 5) is 14.8. The third-order valence-corrected chi connectivity index (χ3v) is 9.12. The molecule has 0 aliphatic heterocycles. The van der Waals surface area contributed by atoms with E-state index in [2.05, 4.69) is 107 Å². The number of para-hydroxylation sites is 3. The van der Waals surface area contributed by atoms with Crippen LogP contribution in [0.3, 0.4) is 0 Å². The van der Waals surface area contributed by atoms with Crippen LogP contribution in [-0.4, -0.2) is 23.8 Å². The number of benzene rings is 4. The maximum Gasteiger partial charge on any atom is 0.147 e. The molecule has 6 aromatic heterocycles. The highest BCUT2D eigenvalue weighted by atomic mass is 15.0. The summed E-state index contributed by atoms with van der Waals surface area (Å²) in [5.74, 6) is 0. The molecule has 200 valence electrons. The van der Waals surface area contributed by atoms with Crippen LogP contribution in [0.2, 0.25) is 0 Å². The summed E-state index contributed by atoms with van der Waals surface area (Å²) < 4.78 is 4.68. The molecule has 0 bridgehead atoms. The smallest absolute Gasteiger partial charge is 0.147 e. The minimum absolute atomic E-state index is 0.936. The van der Waals surface area contributed by atoms with Gasteiger partial charge in [-0.05, 0) is 90.3 Å². The average Bonchev–Trinajstić information content (AvgIpc) is 3.61. The molecule has 6 heterocycles. The molecule has 0 saturated heterocycles. The topological polar surface area (TPSA) is 47.5 Å². The Balaban J connectivity index is 1.30. The molecule has 5 nitrogen and oxygen atoms in total. The van der Waals surface area contributed by atoms with Crippen molar-refractivity contribution in [3.8, 4) is 11.1 Å². The van der Waals surface area contributed by atoms with Gasteiger partial charge in [0, 0.05) is 39.3 Å². The molecule has 0 saturated carbocycles. The van der Waals surface area contributed by atoms with E-state index in [4.69, 9.17) is 15.0 Å². The fraction of sp³-hybridized carbons (Fsp3) is 0.0263. The number of imidazole rings is 1. The highest BCUT2D eigenvalue weighted by Gasteiger charge is 2.18. The number of pyridine rings is 4. The van der Waals surface area contributed by atoms with Gasteiger partial charge in [-0.25, -0.2) is 4.98 Å². The quantitative estimate of drug-likeness (QED) is 0.192. The number of rotatable bonds is 1. The molecule has 0 radical (unpaired) electrons. The number of hydrogen-bond acceptors (Lipinski definition) is 3. The Morgan fingerprint density at radius 1 is 0.488 bits per heavy atom. The Kier molecular flexibility index (Phi) is 4.32. The largest absolute Gasteiger partial charge is 0.308 e. The first-order chi connectivity index (χ1) is 21.3. The van der Waals surface area contributed by atoms with E-state index in [9.17, 15) is 0 Å². The van der Waals surface area contributed by atoms with E-state index in [1.54, 1.807) is 0 Å². The minimum atomic E-state index is 0.936. The Hall–Kier alpha value is -5.81. The summed E-state index contributed by atoms with van der Waals surface area (Å²) in [5.41, 5.74) is 13.3. The lowest BCUT2D eigenvalue weighted by molar-refractivity contribution is 1.30. The second kappa shape index (κ2) is 8.14. The van der Waals surface area contributed by atoms with Crippen molar-refractivity contribution >= 4 is 76.7 Å². The Bertz CT molecular complexity index is 2800. The molecule has 5 heteroatoms. The fourth-order valence-corrected chi connectivity index (χ4v) is 7.24. The zero-order valence-electron chi connectivity index (χ0n) is 23.3. The number of aromatic nitrogens is 5. The summed E-state index contributed by atoms with van der Waals surface area (Å²) in [5, 5.41) is 5.74. The third-order valence-electron chi connectivity index (χ3n) is 9.12. The third kappa shape index (κ3) is 2.93. The maximum atomic E-state index is 5.00. The molecule has 43 heavy (non-hydrogen) atoms. The molecule has 0 N–H and O–H groups in total. The fourth-order valence-electron chi connectivity index (χ4n) is 7.24. The van der Waals surface area contributed by atoms with E-state index < -0.39 is 0 Å². The van der Waals surface area contributed by atoms with Gasteiger partial charge in [-0.15, -0.1) is 0 Å². The van der Waals surface area contributed by atoms with Crippen molar-refractivity contribution in [1.82, 2.24) is 23.8 Å². The van der Waals surface area contributed by atoms with Gasteiger partial charge in [0.15, 0.2) is 0 Å². The van der Waals surface area contributed by atoms with Gasteiger partial charge in [-0.2, -0.15) is 0 Å². The summed E-state index contributed by atoms with van der Waals surface area (Å²) in [7, 11) is 0. The molecular weight excluding hydrogens is 526 g/mol. The molecule has 0 atom stereocenters. The molecule has 0 aliphatic rings.